The molecular formula is C16H16ClNO3. The maximum atomic E-state index is 6.08. The molecule has 0 unspecified atom stereocenters. The minimum absolute atomic E-state index is 0.484. The molecule has 0 amide bonds. The number of hydrogen-bond acceptors (Lipinski definition) is 4. The zero-order valence-corrected chi connectivity index (χ0v) is 12.2. The number of para-hydroxylation sites is 2. The lowest BCUT2D eigenvalue weighted by Gasteiger charge is -2.18. The van der Waals surface area contributed by atoms with Crippen LogP contribution in [-0.4, -0.2) is 26.4 Å². The highest BCUT2D eigenvalue weighted by atomic mass is 35.5. The highest BCUT2D eigenvalue weighted by Crippen LogP contribution is 2.34. The SMILES string of the molecule is Clc1ccc2c(c1)Nc1ccccc1OCCOCCO2. The molecule has 21 heavy (non-hydrogen) atoms. The molecule has 1 aliphatic heterocycles. The summed E-state index contributed by atoms with van der Waals surface area (Å²) in [4.78, 5) is 0. The Morgan fingerprint density at radius 1 is 0.810 bits per heavy atom. The molecule has 110 valence electrons. The molecule has 0 saturated heterocycles. The van der Waals surface area contributed by atoms with Crippen LogP contribution in [0.15, 0.2) is 42.5 Å². The van der Waals surface area contributed by atoms with Crippen LogP contribution in [0.1, 0.15) is 0 Å². The van der Waals surface area contributed by atoms with Crippen LogP contribution in [0.4, 0.5) is 11.4 Å². The normalized spacial score (nSPS) is 15.1. The number of hydrogen-bond donors (Lipinski definition) is 1. The fourth-order valence-corrected chi connectivity index (χ4v) is 2.26. The predicted octanol–water partition coefficient (Wildman–Crippen LogP) is 3.87. The molecule has 4 nitrogen and oxygen atoms in total. The Bertz CT molecular complexity index is 618. The van der Waals surface area contributed by atoms with E-state index in [0.29, 0.717) is 31.5 Å². The number of nitrogens with one attached hydrogen (secondary N) is 1. The molecule has 0 saturated carbocycles. The third-order valence-corrected chi connectivity index (χ3v) is 3.30. The minimum Gasteiger partial charge on any atom is -0.489 e. The Morgan fingerprint density at radius 3 is 2.33 bits per heavy atom. The van der Waals surface area contributed by atoms with E-state index in [2.05, 4.69) is 5.32 Å². The van der Waals surface area contributed by atoms with Gasteiger partial charge in [-0.25, -0.2) is 0 Å². The highest BCUT2D eigenvalue weighted by molar-refractivity contribution is 6.31. The van der Waals surface area contributed by atoms with Crippen molar-refractivity contribution >= 4 is 23.0 Å². The van der Waals surface area contributed by atoms with Gasteiger partial charge in [-0.15, -0.1) is 0 Å². The summed E-state index contributed by atoms with van der Waals surface area (Å²) in [6.07, 6.45) is 0. The summed E-state index contributed by atoms with van der Waals surface area (Å²) in [5.74, 6) is 1.51. The lowest BCUT2D eigenvalue weighted by Crippen LogP contribution is -2.14. The van der Waals surface area contributed by atoms with Crippen molar-refractivity contribution in [1.29, 1.82) is 0 Å². The second-order valence-electron chi connectivity index (χ2n) is 4.57. The van der Waals surface area contributed by atoms with Crippen molar-refractivity contribution in [2.24, 2.45) is 0 Å². The molecule has 0 fully saturated rings. The van der Waals surface area contributed by atoms with Crippen molar-refractivity contribution in [3.63, 3.8) is 0 Å². The summed E-state index contributed by atoms with van der Waals surface area (Å²) in [5, 5.41) is 3.97. The van der Waals surface area contributed by atoms with Crippen molar-refractivity contribution in [2.45, 2.75) is 0 Å². The molecule has 0 aromatic heterocycles. The van der Waals surface area contributed by atoms with Gasteiger partial charge in [-0.1, -0.05) is 23.7 Å². The van der Waals surface area contributed by atoms with E-state index in [0.717, 1.165) is 22.9 Å². The largest absolute Gasteiger partial charge is 0.489 e. The Morgan fingerprint density at radius 2 is 1.52 bits per heavy atom. The predicted molar refractivity (Wildman–Crippen MR) is 83.0 cm³/mol. The fourth-order valence-electron chi connectivity index (χ4n) is 2.09. The molecule has 2 aromatic carbocycles. The fraction of sp³-hybridized carbons (Fsp3) is 0.250. The first kappa shape index (κ1) is 14.0. The van der Waals surface area contributed by atoms with Crippen molar-refractivity contribution in [3.8, 4) is 11.5 Å². The monoisotopic (exact) mass is 305 g/mol. The number of ether oxygens (including phenoxy) is 3. The summed E-state index contributed by atoms with van der Waals surface area (Å²) in [7, 11) is 0. The van der Waals surface area contributed by atoms with Crippen molar-refractivity contribution in [3.05, 3.63) is 47.5 Å². The van der Waals surface area contributed by atoms with Crippen molar-refractivity contribution in [2.75, 3.05) is 31.7 Å². The first-order valence-corrected chi connectivity index (χ1v) is 7.20. The molecule has 0 bridgehead atoms. The van der Waals surface area contributed by atoms with E-state index in [1.54, 1.807) is 6.07 Å². The van der Waals surface area contributed by atoms with Crippen LogP contribution < -0.4 is 14.8 Å². The van der Waals surface area contributed by atoms with Crippen LogP contribution in [0.5, 0.6) is 11.5 Å². The lowest BCUT2D eigenvalue weighted by atomic mass is 10.2. The standard InChI is InChI=1S/C16H16ClNO3/c17-12-5-6-16-14(11-12)18-13-3-1-2-4-15(13)20-9-7-19-8-10-21-16/h1-6,11,18H,7-10H2. The van der Waals surface area contributed by atoms with Crippen LogP contribution in [0, 0.1) is 0 Å². The lowest BCUT2D eigenvalue weighted by molar-refractivity contribution is 0.0765. The molecule has 2 aromatic rings. The topological polar surface area (TPSA) is 39.7 Å². The minimum atomic E-state index is 0.484. The highest BCUT2D eigenvalue weighted by Gasteiger charge is 2.10. The second-order valence-corrected chi connectivity index (χ2v) is 5.01. The molecule has 0 radical (unpaired) electrons. The van der Waals surface area contributed by atoms with Crippen LogP contribution in [-0.2, 0) is 4.74 Å². The molecule has 1 N–H and O–H groups in total. The molecule has 0 atom stereocenters. The number of halogens is 1. The third kappa shape index (κ3) is 3.60. The molecule has 1 heterocycles. The zero-order valence-electron chi connectivity index (χ0n) is 11.5. The Labute approximate surface area is 128 Å². The van der Waals surface area contributed by atoms with Gasteiger partial charge in [0, 0.05) is 5.02 Å². The van der Waals surface area contributed by atoms with Gasteiger partial charge in [0.05, 0.1) is 24.6 Å². The Balaban J connectivity index is 1.96. The van der Waals surface area contributed by atoms with Gasteiger partial charge in [0.15, 0.2) is 0 Å². The number of anilines is 2. The quantitative estimate of drug-likeness (QED) is 0.802. The first-order valence-electron chi connectivity index (χ1n) is 6.82. The average molecular weight is 306 g/mol. The maximum Gasteiger partial charge on any atom is 0.142 e. The molecule has 0 aliphatic carbocycles. The second kappa shape index (κ2) is 6.70. The smallest absolute Gasteiger partial charge is 0.142 e. The van der Waals surface area contributed by atoms with Crippen molar-refractivity contribution < 1.29 is 14.2 Å². The summed E-state index contributed by atoms with van der Waals surface area (Å²) < 4.78 is 17.0. The maximum absolute atomic E-state index is 6.08. The van der Waals surface area contributed by atoms with Gasteiger partial charge in [-0.05, 0) is 30.3 Å². The van der Waals surface area contributed by atoms with Gasteiger partial charge < -0.3 is 19.5 Å². The van der Waals surface area contributed by atoms with Gasteiger partial charge in [0.1, 0.15) is 24.7 Å². The van der Waals surface area contributed by atoms with E-state index < -0.39 is 0 Å². The van der Waals surface area contributed by atoms with Gasteiger partial charge in [-0.3, -0.25) is 0 Å². The van der Waals surface area contributed by atoms with Gasteiger partial charge in [0.25, 0.3) is 0 Å². The van der Waals surface area contributed by atoms with E-state index in [1.165, 1.54) is 0 Å². The summed E-state index contributed by atoms with van der Waals surface area (Å²) in [6, 6.07) is 13.2. The average Bonchev–Trinajstić information content (AvgIpc) is 2.48. The van der Waals surface area contributed by atoms with Crippen LogP contribution >= 0.6 is 11.6 Å². The van der Waals surface area contributed by atoms with E-state index in [-0.39, 0.29) is 0 Å². The van der Waals surface area contributed by atoms with Gasteiger partial charge in [-0.2, -0.15) is 0 Å². The Hall–Kier alpha value is -1.91. The first-order chi connectivity index (χ1) is 10.3. The summed E-state index contributed by atoms with van der Waals surface area (Å²) in [6.45, 7) is 2.04. The van der Waals surface area contributed by atoms with Crippen LogP contribution in [0.2, 0.25) is 5.02 Å². The number of rotatable bonds is 0. The van der Waals surface area contributed by atoms with Crippen LogP contribution in [0.3, 0.4) is 0 Å². The van der Waals surface area contributed by atoms with Gasteiger partial charge in [0.2, 0.25) is 0 Å². The molecule has 1 aliphatic rings. The zero-order chi connectivity index (χ0) is 14.5. The molecule has 5 heteroatoms. The third-order valence-electron chi connectivity index (χ3n) is 3.07. The summed E-state index contributed by atoms with van der Waals surface area (Å²) >= 11 is 6.08. The van der Waals surface area contributed by atoms with Gasteiger partial charge >= 0.3 is 0 Å². The number of benzene rings is 2. The molecule has 3 rings (SSSR count). The summed E-state index contributed by atoms with van der Waals surface area (Å²) in [5.41, 5.74) is 1.67. The van der Waals surface area contributed by atoms with E-state index >= 15 is 0 Å². The van der Waals surface area contributed by atoms with Crippen LogP contribution in [0.25, 0.3) is 0 Å². The Kier molecular flexibility index (Phi) is 4.48. The molecule has 0 spiro atoms. The van der Waals surface area contributed by atoms with E-state index in [1.807, 2.05) is 36.4 Å². The van der Waals surface area contributed by atoms with Crippen molar-refractivity contribution in [1.82, 2.24) is 0 Å². The van der Waals surface area contributed by atoms with E-state index in [9.17, 15) is 0 Å². The molecular weight excluding hydrogens is 290 g/mol. The van der Waals surface area contributed by atoms with E-state index in [4.69, 9.17) is 25.8 Å². The number of fused-ring (bicyclic) bond motifs is 2.